The van der Waals surface area contributed by atoms with Gasteiger partial charge < -0.3 is 10.1 Å². The monoisotopic (exact) mass is 245 g/mol. The van der Waals surface area contributed by atoms with Gasteiger partial charge in [-0.15, -0.1) is 0 Å². The summed E-state index contributed by atoms with van der Waals surface area (Å²) in [6, 6.07) is 9.50. The molecule has 0 aromatic heterocycles. The van der Waals surface area contributed by atoms with Crippen LogP contribution in [0.25, 0.3) is 0 Å². The molecule has 0 heterocycles. The third kappa shape index (κ3) is 3.12. The van der Waals surface area contributed by atoms with Gasteiger partial charge in [-0.25, -0.2) is 0 Å². The van der Waals surface area contributed by atoms with Crippen molar-refractivity contribution in [2.45, 2.75) is 57.3 Å². The molecule has 0 amide bonds. The van der Waals surface area contributed by atoms with Gasteiger partial charge in [0.1, 0.15) is 0 Å². The van der Waals surface area contributed by atoms with Crippen molar-refractivity contribution in [3.63, 3.8) is 0 Å². The molecule has 2 aliphatic carbocycles. The van der Waals surface area contributed by atoms with Gasteiger partial charge >= 0.3 is 0 Å². The third-order valence-electron chi connectivity index (χ3n) is 3.99. The van der Waals surface area contributed by atoms with Crippen LogP contribution >= 0.6 is 0 Å². The Morgan fingerprint density at radius 2 is 2.11 bits per heavy atom. The first-order valence-electron chi connectivity index (χ1n) is 7.26. The number of aryl methyl sites for hydroxylation is 1. The second kappa shape index (κ2) is 5.41. The molecule has 0 saturated heterocycles. The van der Waals surface area contributed by atoms with Crippen LogP contribution in [0.5, 0.6) is 0 Å². The topological polar surface area (TPSA) is 21.3 Å². The lowest BCUT2D eigenvalue weighted by Gasteiger charge is -2.31. The highest BCUT2D eigenvalue weighted by molar-refractivity contribution is 5.24. The zero-order valence-electron chi connectivity index (χ0n) is 11.2. The van der Waals surface area contributed by atoms with Gasteiger partial charge in [0.2, 0.25) is 0 Å². The number of rotatable bonds is 6. The summed E-state index contributed by atoms with van der Waals surface area (Å²) >= 11 is 0. The Morgan fingerprint density at radius 3 is 2.72 bits per heavy atom. The molecular weight excluding hydrogens is 222 g/mol. The van der Waals surface area contributed by atoms with Crippen molar-refractivity contribution in [3.05, 3.63) is 35.4 Å². The second-order valence-corrected chi connectivity index (χ2v) is 5.77. The van der Waals surface area contributed by atoms with Crippen molar-refractivity contribution >= 4 is 0 Å². The summed E-state index contributed by atoms with van der Waals surface area (Å²) in [5.41, 5.74) is 2.65. The molecule has 0 spiro atoms. The van der Waals surface area contributed by atoms with Crippen LogP contribution in [0.2, 0.25) is 0 Å². The minimum Gasteiger partial charge on any atom is -0.369 e. The Hall–Kier alpha value is -0.860. The van der Waals surface area contributed by atoms with E-state index in [-0.39, 0.29) is 6.10 Å². The highest BCUT2D eigenvalue weighted by Crippen LogP contribution is 2.30. The summed E-state index contributed by atoms with van der Waals surface area (Å²) in [6.07, 6.45) is 7.22. The Bertz CT molecular complexity index is 396. The molecule has 1 aromatic carbocycles. The van der Waals surface area contributed by atoms with E-state index in [0.29, 0.717) is 6.10 Å². The van der Waals surface area contributed by atoms with Crippen molar-refractivity contribution in [2.24, 2.45) is 0 Å². The zero-order valence-corrected chi connectivity index (χ0v) is 11.2. The van der Waals surface area contributed by atoms with E-state index in [9.17, 15) is 0 Å². The number of hydrogen-bond acceptors (Lipinski definition) is 2. The molecule has 1 N–H and O–H groups in total. The number of benzene rings is 1. The summed E-state index contributed by atoms with van der Waals surface area (Å²) in [7, 11) is 0. The Balaban J connectivity index is 1.65. The van der Waals surface area contributed by atoms with Crippen molar-refractivity contribution in [2.75, 3.05) is 6.54 Å². The van der Waals surface area contributed by atoms with E-state index >= 15 is 0 Å². The second-order valence-electron chi connectivity index (χ2n) is 5.77. The van der Waals surface area contributed by atoms with E-state index in [0.717, 1.165) is 12.6 Å². The van der Waals surface area contributed by atoms with E-state index in [4.69, 9.17) is 4.74 Å². The van der Waals surface area contributed by atoms with Crippen LogP contribution in [-0.2, 0) is 4.74 Å². The Morgan fingerprint density at radius 1 is 1.28 bits per heavy atom. The predicted octanol–water partition coefficient (Wildman–Crippen LogP) is 3.36. The van der Waals surface area contributed by atoms with E-state index < -0.39 is 0 Å². The van der Waals surface area contributed by atoms with Gasteiger partial charge in [-0.05, 0) is 44.6 Å². The quantitative estimate of drug-likeness (QED) is 0.830. The van der Waals surface area contributed by atoms with Gasteiger partial charge in [-0.3, -0.25) is 0 Å². The lowest BCUT2D eigenvalue weighted by Crippen LogP contribution is -2.31. The molecule has 0 aliphatic heterocycles. The maximum Gasteiger partial charge on any atom is 0.0953 e. The highest BCUT2D eigenvalue weighted by atomic mass is 16.5. The van der Waals surface area contributed by atoms with Crippen molar-refractivity contribution in [3.8, 4) is 0 Å². The van der Waals surface area contributed by atoms with Crippen molar-refractivity contribution in [1.82, 2.24) is 5.32 Å². The molecule has 1 unspecified atom stereocenters. The van der Waals surface area contributed by atoms with Gasteiger partial charge in [-0.2, -0.15) is 0 Å². The normalized spacial score (nSPS) is 21.6. The lowest BCUT2D eigenvalue weighted by molar-refractivity contribution is -0.0521. The highest BCUT2D eigenvalue weighted by Gasteiger charge is 2.26. The van der Waals surface area contributed by atoms with Gasteiger partial charge in [0, 0.05) is 12.6 Å². The minimum absolute atomic E-state index is 0.232. The van der Waals surface area contributed by atoms with Crippen molar-refractivity contribution < 1.29 is 4.74 Å². The first-order chi connectivity index (χ1) is 8.81. The largest absolute Gasteiger partial charge is 0.369 e. The molecule has 3 rings (SSSR count). The van der Waals surface area contributed by atoms with Crippen LogP contribution in [0.15, 0.2) is 24.3 Å². The van der Waals surface area contributed by atoms with E-state index in [1.807, 2.05) is 0 Å². The fraction of sp³-hybridized carbons (Fsp3) is 0.625. The fourth-order valence-corrected chi connectivity index (χ4v) is 2.42. The van der Waals surface area contributed by atoms with Crippen LogP contribution in [-0.4, -0.2) is 18.7 Å². The predicted molar refractivity (Wildman–Crippen MR) is 73.7 cm³/mol. The number of ether oxygens (including phenoxy) is 1. The molecule has 2 nitrogen and oxygen atoms in total. The maximum absolute atomic E-state index is 6.24. The Labute approximate surface area is 110 Å². The molecule has 2 heteroatoms. The molecular formula is C16H23NO. The van der Waals surface area contributed by atoms with Crippen LogP contribution in [0.1, 0.15) is 49.3 Å². The summed E-state index contributed by atoms with van der Waals surface area (Å²) in [5.74, 6) is 0. The van der Waals surface area contributed by atoms with Gasteiger partial charge in [-0.1, -0.05) is 29.8 Å². The molecule has 2 aliphatic rings. The summed E-state index contributed by atoms with van der Waals surface area (Å²) in [6.45, 7) is 3.11. The van der Waals surface area contributed by atoms with Gasteiger partial charge in [0.05, 0.1) is 12.2 Å². The standard InChI is InChI=1S/C16H23NO/c1-12-4-2-5-13(10-12)16(11-17-14-8-9-14)18-15-6-3-7-15/h2,4-5,10,14-17H,3,6-9,11H2,1H3. The average Bonchev–Trinajstić information content (AvgIpc) is 3.10. The molecule has 2 saturated carbocycles. The van der Waals surface area contributed by atoms with Crippen molar-refractivity contribution in [1.29, 1.82) is 0 Å². The average molecular weight is 245 g/mol. The van der Waals surface area contributed by atoms with Crippen LogP contribution in [0.3, 0.4) is 0 Å². The molecule has 18 heavy (non-hydrogen) atoms. The molecule has 1 atom stereocenters. The van der Waals surface area contributed by atoms with Gasteiger partial charge in [0.15, 0.2) is 0 Å². The van der Waals surface area contributed by atoms with Crippen LogP contribution in [0.4, 0.5) is 0 Å². The first kappa shape index (κ1) is 12.2. The molecule has 2 fully saturated rings. The van der Waals surface area contributed by atoms with E-state index in [1.54, 1.807) is 0 Å². The smallest absolute Gasteiger partial charge is 0.0953 e. The number of hydrogen-bond donors (Lipinski definition) is 1. The molecule has 0 radical (unpaired) electrons. The van der Waals surface area contributed by atoms with Crippen LogP contribution < -0.4 is 5.32 Å². The summed E-state index contributed by atoms with van der Waals surface area (Å²) < 4.78 is 6.24. The molecule has 98 valence electrons. The maximum atomic E-state index is 6.24. The van der Waals surface area contributed by atoms with E-state index in [1.165, 1.54) is 43.2 Å². The summed E-state index contributed by atoms with van der Waals surface area (Å²) in [5, 5.41) is 3.60. The summed E-state index contributed by atoms with van der Waals surface area (Å²) in [4.78, 5) is 0. The SMILES string of the molecule is Cc1cccc(C(CNC2CC2)OC2CCC2)c1. The molecule has 0 bridgehead atoms. The Kier molecular flexibility index (Phi) is 3.67. The van der Waals surface area contributed by atoms with E-state index in [2.05, 4.69) is 36.5 Å². The third-order valence-corrected chi connectivity index (χ3v) is 3.99. The fourth-order valence-electron chi connectivity index (χ4n) is 2.42. The number of nitrogens with one attached hydrogen (secondary N) is 1. The van der Waals surface area contributed by atoms with Crippen LogP contribution in [0, 0.1) is 6.92 Å². The minimum atomic E-state index is 0.232. The lowest BCUT2D eigenvalue weighted by atomic mass is 9.95. The first-order valence-corrected chi connectivity index (χ1v) is 7.26. The zero-order chi connectivity index (χ0) is 12.4. The van der Waals surface area contributed by atoms with Gasteiger partial charge in [0.25, 0.3) is 0 Å². The molecule has 1 aromatic rings.